The number of amides is 1. The number of piperidine rings is 1. The second kappa shape index (κ2) is 6.14. The standard InChI is InChI=1S/C17H21NO2S/c1-12-7-9-18(10-8-12)17(19)16-14(11-21-2)13-5-3-4-6-15(13)20-16/h3-6,12H,7-11H2,1-2H3. The monoisotopic (exact) mass is 303 g/mol. The molecule has 1 aromatic heterocycles. The first kappa shape index (κ1) is 14.5. The lowest BCUT2D eigenvalue weighted by Gasteiger charge is -2.29. The maximum absolute atomic E-state index is 12.8. The van der Waals surface area contributed by atoms with Crippen LogP contribution in [0.15, 0.2) is 28.7 Å². The van der Waals surface area contributed by atoms with Crippen LogP contribution in [0.5, 0.6) is 0 Å². The molecule has 0 unspecified atom stereocenters. The lowest BCUT2D eigenvalue weighted by molar-refractivity contribution is 0.0666. The molecule has 0 N–H and O–H groups in total. The van der Waals surface area contributed by atoms with E-state index in [9.17, 15) is 4.79 Å². The zero-order chi connectivity index (χ0) is 14.8. The molecular weight excluding hydrogens is 282 g/mol. The van der Waals surface area contributed by atoms with Crippen molar-refractivity contribution in [3.05, 3.63) is 35.6 Å². The summed E-state index contributed by atoms with van der Waals surface area (Å²) in [6.07, 6.45) is 4.23. The van der Waals surface area contributed by atoms with Gasteiger partial charge in [0.2, 0.25) is 0 Å². The highest BCUT2D eigenvalue weighted by molar-refractivity contribution is 7.97. The minimum Gasteiger partial charge on any atom is -0.451 e. The molecule has 0 bridgehead atoms. The maximum atomic E-state index is 12.8. The molecule has 0 spiro atoms. The van der Waals surface area contributed by atoms with Crippen LogP contribution in [0.1, 0.15) is 35.9 Å². The van der Waals surface area contributed by atoms with Crippen LogP contribution >= 0.6 is 11.8 Å². The maximum Gasteiger partial charge on any atom is 0.289 e. The minimum absolute atomic E-state index is 0.0575. The van der Waals surface area contributed by atoms with Gasteiger partial charge >= 0.3 is 0 Å². The van der Waals surface area contributed by atoms with Gasteiger partial charge in [-0.05, 0) is 31.1 Å². The van der Waals surface area contributed by atoms with Gasteiger partial charge in [0, 0.05) is 29.8 Å². The van der Waals surface area contributed by atoms with Gasteiger partial charge in [-0.25, -0.2) is 0 Å². The summed E-state index contributed by atoms with van der Waals surface area (Å²) in [6, 6.07) is 7.93. The Bertz CT molecular complexity index is 641. The SMILES string of the molecule is CSCc1c(C(=O)N2CCC(C)CC2)oc2ccccc12. The minimum atomic E-state index is 0.0575. The Hall–Kier alpha value is -1.42. The van der Waals surface area contributed by atoms with Crippen LogP contribution in [0.2, 0.25) is 0 Å². The first-order valence-corrected chi connectivity index (χ1v) is 8.88. The summed E-state index contributed by atoms with van der Waals surface area (Å²) in [5.41, 5.74) is 1.86. The molecule has 1 aromatic carbocycles. The molecule has 1 amide bonds. The number of nitrogens with zero attached hydrogens (tertiary/aromatic N) is 1. The van der Waals surface area contributed by atoms with Gasteiger partial charge in [-0.3, -0.25) is 4.79 Å². The third-order valence-electron chi connectivity index (χ3n) is 4.25. The van der Waals surface area contributed by atoms with Gasteiger partial charge < -0.3 is 9.32 Å². The topological polar surface area (TPSA) is 33.5 Å². The van der Waals surface area contributed by atoms with E-state index in [-0.39, 0.29) is 5.91 Å². The van der Waals surface area contributed by atoms with E-state index in [1.165, 1.54) is 0 Å². The molecule has 1 aliphatic heterocycles. The predicted molar refractivity (Wildman–Crippen MR) is 87.7 cm³/mol. The highest BCUT2D eigenvalue weighted by Crippen LogP contribution is 2.30. The average molecular weight is 303 g/mol. The van der Waals surface area contributed by atoms with Crippen molar-refractivity contribution in [3.63, 3.8) is 0 Å². The molecule has 0 aliphatic carbocycles. The number of rotatable bonds is 3. The van der Waals surface area contributed by atoms with Crippen molar-refractivity contribution in [1.82, 2.24) is 4.90 Å². The molecule has 0 atom stereocenters. The summed E-state index contributed by atoms with van der Waals surface area (Å²) in [6.45, 7) is 3.94. The number of hydrogen-bond donors (Lipinski definition) is 0. The Morgan fingerprint density at radius 3 is 2.76 bits per heavy atom. The van der Waals surface area contributed by atoms with E-state index in [0.717, 1.165) is 54.1 Å². The second-order valence-electron chi connectivity index (χ2n) is 5.81. The van der Waals surface area contributed by atoms with Crippen LogP contribution in [0.25, 0.3) is 11.0 Å². The molecule has 2 aromatic rings. The molecule has 1 aliphatic rings. The summed E-state index contributed by atoms with van der Waals surface area (Å²) in [7, 11) is 0. The molecule has 3 nitrogen and oxygen atoms in total. The largest absolute Gasteiger partial charge is 0.451 e. The molecule has 4 heteroatoms. The Morgan fingerprint density at radius 1 is 1.33 bits per heavy atom. The van der Waals surface area contributed by atoms with Crippen LogP contribution in [0.4, 0.5) is 0 Å². The number of para-hydroxylation sites is 1. The second-order valence-corrected chi connectivity index (χ2v) is 6.68. The molecule has 2 heterocycles. The Morgan fingerprint density at radius 2 is 2.05 bits per heavy atom. The molecule has 3 rings (SSSR count). The van der Waals surface area contributed by atoms with E-state index < -0.39 is 0 Å². The number of carbonyl (C=O) groups excluding carboxylic acids is 1. The summed E-state index contributed by atoms with van der Waals surface area (Å²) in [5, 5.41) is 1.07. The summed E-state index contributed by atoms with van der Waals surface area (Å²) in [5.74, 6) is 2.13. The highest BCUT2D eigenvalue weighted by atomic mass is 32.2. The van der Waals surface area contributed by atoms with Crippen LogP contribution in [0.3, 0.4) is 0 Å². The molecule has 112 valence electrons. The summed E-state index contributed by atoms with van der Waals surface area (Å²) >= 11 is 1.72. The molecule has 1 saturated heterocycles. The number of furan rings is 1. The van der Waals surface area contributed by atoms with Gasteiger partial charge in [-0.2, -0.15) is 11.8 Å². The Kier molecular flexibility index (Phi) is 4.24. The van der Waals surface area contributed by atoms with E-state index in [0.29, 0.717) is 5.76 Å². The van der Waals surface area contributed by atoms with Crippen molar-refractivity contribution in [2.45, 2.75) is 25.5 Å². The summed E-state index contributed by atoms with van der Waals surface area (Å²) in [4.78, 5) is 14.7. The Balaban J connectivity index is 1.95. The fraction of sp³-hybridized carbons (Fsp3) is 0.471. The smallest absolute Gasteiger partial charge is 0.289 e. The van der Waals surface area contributed by atoms with Crippen LogP contribution < -0.4 is 0 Å². The number of likely N-dealkylation sites (tertiary alicyclic amines) is 1. The van der Waals surface area contributed by atoms with Crippen molar-refractivity contribution in [1.29, 1.82) is 0 Å². The Labute approximate surface area is 129 Å². The molecule has 0 saturated carbocycles. The number of benzene rings is 1. The third-order valence-corrected chi connectivity index (χ3v) is 4.83. The number of carbonyl (C=O) groups is 1. The fourth-order valence-electron chi connectivity index (χ4n) is 2.91. The van der Waals surface area contributed by atoms with Crippen molar-refractivity contribution in [2.24, 2.45) is 5.92 Å². The first-order chi connectivity index (χ1) is 10.2. The van der Waals surface area contributed by atoms with E-state index in [2.05, 4.69) is 13.2 Å². The van der Waals surface area contributed by atoms with E-state index in [4.69, 9.17) is 4.42 Å². The lowest BCUT2D eigenvalue weighted by Crippen LogP contribution is -2.38. The number of thioether (sulfide) groups is 1. The van der Waals surface area contributed by atoms with Gasteiger partial charge in [0.1, 0.15) is 5.58 Å². The summed E-state index contributed by atoms with van der Waals surface area (Å²) < 4.78 is 5.89. The van der Waals surface area contributed by atoms with Gasteiger partial charge in [0.25, 0.3) is 5.91 Å². The molecule has 0 radical (unpaired) electrons. The predicted octanol–water partition coefficient (Wildman–Crippen LogP) is 4.17. The van der Waals surface area contributed by atoms with E-state index in [1.54, 1.807) is 11.8 Å². The molecular formula is C17H21NO2S. The quantitative estimate of drug-likeness (QED) is 0.853. The van der Waals surface area contributed by atoms with Crippen LogP contribution in [-0.4, -0.2) is 30.2 Å². The van der Waals surface area contributed by atoms with E-state index >= 15 is 0 Å². The van der Waals surface area contributed by atoms with Gasteiger partial charge in [-0.1, -0.05) is 25.1 Å². The van der Waals surface area contributed by atoms with Crippen LogP contribution in [-0.2, 0) is 5.75 Å². The fourth-order valence-corrected chi connectivity index (χ4v) is 3.49. The highest BCUT2D eigenvalue weighted by Gasteiger charge is 2.27. The van der Waals surface area contributed by atoms with E-state index in [1.807, 2.05) is 29.2 Å². The van der Waals surface area contributed by atoms with Crippen molar-refractivity contribution < 1.29 is 9.21 Å². The average Bonchev–Trinajstić information content (AvgIpc) is 2.87. The zero-order valence-electron chi connectivity index (χ0n) is 12.6. The molecule has 21 heavy (non-hydrogen) atoms. The normalized spacial score (nSPS) is 16.6. The van der Waals surface area contributed by atoms with Crippen LogP contribution in [0, 0.1) is 5.92 Å². The number of hydrogen-bond acceptors (Lipinski definition) is 3. The van der Waals surface area contributed by atoms with Gasteiger partial charge in [0.05, 0.1) is 0 Å². The van der Waals surface area contributed by atoms with Gasteiger partial charge in [-0.15, -0.1) is 0 Å². The van der Waals surface area contributed by atoms with Crippen molar-refractivity contribution in [3.8, 4) is 0 Å². The van der Waals surface area contributed by atoms with Crippen molar-refractivity contribution in [2.75, 3.05) is 19.3 Å². The third kappa shape index (κ3) is 2.82. The number of fused-ring (bicyclic) bond motifs is 1. The van der Waals surface area contributed by atoms with Crippen molar-refractivity contribution >= 4 is 28.6 Å². The zero-order valence-corrected chi connectivity index (χ0v) is 13.4. The van der Waals surface area contributed by atoms with Gasteiger partial charge in [0.15, 0.2) is 5.76 Å². The molecule has 1 fully saturated rings. The lowest BCUT2D eigenvalue weighted by atomic mass is 9.99. The first-order valence-electron chi connectivity index (χ1n) is 7.49.